The molecular formula is C16H23N3O3. The molecule has 1 aromatic carbocycles. The summed E-state index contributed by atoms with van der Waals surface area (Å²) >= 11 is 0. The van der Waals surface area contributed by atoms with Crippen molar-refractivity contribution < 1.29 is 14.6 Å². The maximum Gasteiger partial charge on any atom is 0.321 e. The molecule has 1 aliphatic heterocycles. The second-order valence-electron chi connectivity index (χ2n) is 5.11. The van der Waals surface area contributed by atoms with E-state index in [-0.39, 0.29) is 12.6 Å². The van der Waals surface area contributed by atoms with E-state index < -0.39 is 0 Å². The minimum atomic E-state index is -0.0946. The van der Waals surface area contributed by atoms with E-state index in [4.69, 9.17) is 9.84 Å². The van der Waals surface area contributed by atoms with E-state index in [2.05, 4.69) is 10.2 Å². The first-order valence-corrected chi connectivity index (χ1v) is 7.42. The number of piperazine rings is 1. The normalized spacial score (nSPS) is 16.0. The minimum absolute atomic E-state index is 0.0946. The van der Waals surface area contributed by atoms with Crippen molar-refractivity contribution >= 4 is 12.1 Å². The number of rotatable bonds is 5. The zero-order chi connectivity index (χ0) is 15.8. The summed E-state index contributed by atoms with van der Waals surface area (Å²) < 4.78 is 5.16. The number of carbonyl (C=O) groups is 1. The van der Waals surface area contributed by atoms with E-state index in [9.17, 15) is 4.79 Å². The molecule has 2 amide bonds. The number of aliphatic hydroxyl groups excluding tert-OH is 1. The Balaban J connectivity index is 1.79. The quantitative estimate of drug-likeness (QED) is 0.851. The number of hydrogen-bond acceptors (Lipinski definition) is 4. The van der Waals surface area contributed by atoms with E-state index in [0.29, 0.717) is 19.6 Å². The van der Waals surface area contributed by atoms with Crippen LogP contribution in [0.5, 0.6) is 5.75 Å². The number of amides is 2. The largest absolute Gasteiger partial charge is 0.497 e. The zero-order valence-electron chi connectivity index (χ0n) is 12.9. The van der Waals surface area contributed by atoms with Crippen molar-refractivity contribution in [2.24, 2.45) is 0 Å². The lowest BCUT2D eigenvalue weighted by Gasteiger charge is -2.33. The number of hydrogen-bond donors (Lipinski definition) is 2. The molecule has 1 aromatic rings. The fraction of sp³-hybridized carbons (Fsp3) is 0.438. The third kappa shape index (κ3) is 4.75. The van der Waals surface area contributed by atoms with Gasteiger partial charge in [0.05, 0.1) is 13.7 Å². The predicted molar refractivity (Wildman–Crippen MR) is 85.7 cm³/mol. The van der Waals surface area contributed by atoms with Gasteiger partial charge in [0, 0.05) is 38.9 Å². The van der Waals surface area contributed by atoms with Gasteiger partial charge >= 0.3 is 6.03 Å². The predicted octanol–water partition coefficient (Wildman–Crippen LogP) is 0.985. The first-order chi connectivity index (χ1) is 10.7. The molecule has 2 N–H and O–H groups in total. The van der Waals surface area contributed by atoms with E-state index in [1.54, 1.807) is 18.2 Å². The van der Waals surface area contributed by atoms with Crippen molar-refractivity contribution in [1.29, 1.82) is 0 Å². The first kappa shape index (κ1) is 16.3. The molecule has 2 rings (SSSR count). The van der Waals surface area contributed by atoms with Gasteiger partial charge in [0.15, 0.2) is 0 Å². The van der Waals surface area contributed by atoms with Gasteiger partial charge in [0.25, 0.3) is 0 Å². The van der Waals surface area contributed by atoms with Gasteiger partial charge in [0.1, 0.15) is 5.75 Å². The highest BCUT2D eigenvalue weighted by Gasteiger charge is 2.19. The van der Waals surface area contributed by atoms with Crippen molar-refractivity contribution in [3.63, 3.8) is 0 Å². The van der Waals surface area contributed by atoms with Crippen LogP contribution >= 0.6 is 0 Å². The van der Waals surface area contributed by atoms with Gasteiger partial charge in [-0.2, -0.15) is 0 Å². The second kappa shape index (κ2) is 8.41. The standard InChI is InChI=1S/C16H23N3O3/c1-22-15-4-2-3-14(13-15)5-6-17-16(21)19-9-7-18(8-10-19)11-12-20/h2-6,13,20H,7-12H2,1H3,(H,17,21)/b6-5+. The van der Waals surface area contributed by atoms with Gasteiger partial charge < -0.3 is 20.1 Å². The number of benzene rings is 1. The molecular weight excluding hydrogens is 282 g/mol. The van der Waals surface area contributed by atoms with Crippen LogP contribution < -0.4 is 10.1 Å². The maximum absolute atomic E-state index is 12.0. The zero-order valence-corrected chi connectivity index (χ0v) is 12.9. The number of ether oxygens (including phenoxy) is 1. The van der Waals surface area contributed by atoms with Crippen LogP contribution in [0, 0.1) is 0 Å². The summed E-state index contributed by atoms with van der Waals surface area (Å²) in [5, 5.41) is 11.7. The molecule has 120 valence electrons. The monoisotopic (exact) mass is 305 g/mol. The molecule has 0 bridgehead atoms. The lowest BCUT2D eigenvalue weighted by atomic mass is 10.2. The molecule has 0 spiro atoms. The Hall–Kier alpha value is -2.05. The van der Waals surface area contributed by atoms with Gasteiger partial charge in [-0.1, -0.05) is 12.1 Å². The highest BCUT2D eigenvalue weighted by atomic mass is 16.5. The number of nitrogens with zero attached hydrogens (tertiary/aromatic N) is 2. The molecule has 0 unspecified atom stereocenters. The second-order valence-corrected chi connectivity index (χ2v) is 5.11. The summed E-state index contributed by atoms with van der Waals surface area (Å²) in [6.07, 6.45) is 3.49. The van der Waals surface area contributed by atoms with Gasteiger partial charge in [-0.15, -0.1) is 0 Å². The molecule has 1 fully saturated rings. The van der Waals surface area contributed by atoms with E-state index in [1.807, 2.05) is 30.3 Å². The molecule has 1 saturated heterocycles. The average Bonchev–Trinajstić information content (AvgIpc) is 2.56. The molecule has 0 saturated carbocycles. The molecule has 0 atom stereocenters. The molecule has 1 aliphatic rings. The molecule has 0 radical (unpaired) electrons. The number of nitrogens with one attached hydrogen (secondary N) is 1. The van der Waals surface area contributed by atoms with Gasteiger partial charge in [-0.25, -0.2) is 4.79 Å². The van der Waals surface area contributed by atoms with Crippen LogP contribution in [0.4, 0.5) is 4.79 Å². The fourth-order valence-electron chi connectivity index (χ4n) is 2.36. The lowest BCUT2D eigenvalue weighted by Crippen LogP contribution is -2.51. The summed E-state index contributed by atoms with van der Waals surface area (Å²) in [4.78, 5) is 16.0. The minimum Gasteiger partial charge on any atom is -0.497 e. The van der Waals surface area contributed by atoms with Gasteiger partial charge in [0.2, 0.25) is 0 Å². The number of β-amino-alcohol motifs (C(OH)–C–C–N with tert-alkyl or cyclic N) is 1. The summed E-state index contributed by atoms with van der Waals surface area (Å²) in [6, 6.07) is 7.53. The third-order valence-electron chi connectivity index (χ3n) is 3.65. The number of aliphatic hydroxyl groups is 1. The fourth-order valence-corrected chi connectivity index (χ4v) is 2.36. The van der Waals surface area contributed by atoms with E-state index >= 15 is 0 Å². The van der Waals surface area contributed by atoms with Crippen molar-refractivity contribution in [3.8, 4) is 5.75 Å². The Morgan fingerprint density at radius 3 is 2.82 bits per heavy atom. The Labute approximate surface area is 131 Å². The van der Waals surface area contributed by atoms with Crippen molar-refractivity contribution in [2.75, 3.05) is 46.4 Å². The summed E-state index contributed by atoms with van der Waals surface area (Å²) in [7, 11) is 1.63. The topological polar surface area (TPSA) is 65.0 Å². The highest BCUT2D eigenvalue weighted by Crippen LogP contribution is 2.13. The molecule has 22 heavy (non-hydrogen) atoms. The highest BCUT2D eigenvalue weighted by molar-refractivity contribution is 5.76. The van der Waals surface area contributed by atoms with Crippen molar-refractivity contribution in [1.82, 2.24) is 15.1 Å². The van der Waals surface area contributed by atoms with Crippen LogP contribution in [-0.2, 0) is 0 Å². The van der Waals surface area contributed by atoms with Crippen LogP contribution in [0.15, 0.2) is 30.5 Å². The Morgan fingerprint density at radius 1 is 1.36 bits per heavy atom. The lowest BCUT2D eigenvalue weighted by molar-refractivity contribution is 0.123. The average molecular weight is 305 g/mol. The number of carbonyl (C=O) groups excluding carboxylic acids is 1. The summed E-state index contributed by atoms with van der Waals surface area (Å²) in [5.41, 5.74) is 0.965. The van der Waals surface area contributed by atoms with E-state index in [0.717, 1.165) is 24.4 Å². The molecule has 0 aromatic heterocycles. The van der Waals surface area contributed by atoms with Crippen LogP contribution in [0.3, 0.4) is 0 Å². The molecule has 6 nitrogen and oxygen atoms in total. The molecule has 6 heteroatoms. The van der Waals surface area contributed by atoms with Crippen LogP contribution in [0.2, 0.25) is 0 Å². The van der Waals surface area contributed by atoms with Gasteiger partial charge in [-0.05, 0) is 23.8 Å². The number of methoxy groups -OCH3 is 1. The van der Waals surface area contributed by atoms with Crippen molar-refractivity contribution in [2.45, 2.75) is 0 Å². The Kier molecular flexibility index (Phi) is 6.24. The number of urea groups is 1. The van der Waals surface area contributed by atoms with E-state index in [1.165, 1.54) is 0 Å². The van der Waals surface area contributed by atoms with Crippen LogP contribution in [-0.4, -0.2) is 67.4 Å². The summed E-state index contributed by atoms with van der Waals surface area (Å²) in [5.74, 6) is 0.786. The summed E-state index contributed by atoms with van der Waals surface area (Å²) in [6.45, 7) is 3.79. The Morgan fingerprint density at radius 2 is 2.14 bits per heavy atom. The van der Waals surface area contributed by atoms with Gasteiger partial charge in [-0.3, -0.25) is 4.90 Å². The first-order valence-electron chi connectivity index (χ1n) is 7.42. The molecule has 0 aliphatic carbocycles. The Bertz CT molecular complexity index is 511. The maximum atomic E-state index is 12.0. The van der Waals surface area contributed by atoms with Crippen LogP contribution in [0.1, 0.15) is 5.56 Å². The SMILES string of the molecule is COc1cccc(/C=C/NC(=O)N2CCN(CCO)CC2)c1. The third-order valence-corrected chi connectivity index (χ3v) is 3.65. The smallest absolute Gasteiger partial charge is 0.321 e. The van der Waals surface area contributed by atoms with Crippen molar-refractivity contribution in [3.05, 3.63) is 36.0 Å². The molecule has 1 heterocycles. The van der Waals surface area contributed by atoms with Crippen LogP contribution in [0.25, 0.3) is 6.08 Å².